The van der Waals surface area contributed by atoms with Crippen molar-refractivity contribution in [1.29, 1.82) is 0 Å². The van der Waals surface area contributed by atoms with Gasteiger partial charge in [-0.25, -0.2) is 9.59 Å². The summed E-state index contributed by atoms with van der Waals surface area (Å²) in [5.74, 6) is -1.75. The highest BCUT2D eigenvalue weighted by molar-refractivity contribution is 5.87. The molecule has 9 nitrogen and oxygen atoms in total. The molecular weight excluding hydrogens is 522 g/mol. The average molecular weight is 558 g/mol. The lowest BCUT2D eigenvalue weighted by atomic mass is 9.87. The van der Waals surface area contributed by atoms with Gasteiger partial charge in [-0.3, -0.25) is 9.69 Å². The summed E-state index contributed by atoms with van der Waals surface area (Å²) in [6.45, 7) is 1.69. The van der Waals surface area contributed by atoms with Crippen molar-refractivity contribution < 1.29 is 29.3 Å². The van der Waals surface area contributed by atoms with E-state index in [4.69, 9.17) is 4.74 Å². The quantitative estimate of drug-likeness (QED) is 0.300. The van der Waals surface area contributed by atoms with Crippen molar-refractivity contribution in [2.45, 2.75) is 43.4 Å². The molecule has 2 aliphatic rings. The number of hydrogen-bond donors (Lipinski definition) is 4. The van der Waals surface area contributed by atoms with E-state index >= 15 is 0 Å². The molecule has 1 heterocycles. The van der Waals surface area contributed by atoms with Crippen LogP contribution < -0.4 is 10.6 Å². The van der Waals surface area contributed by atoms with E-state index < -0.39 is 29.6 Å². The van der Waals surface area contributed by atoms with Crippen molar-refractivity contribution in [3.05, 3.63) is 95.6 Å². The van der Waals surface area contributed by atoms with Crippen molar-refractivity contribution in [2.24, 2.45) is 0 Å². The molecule has 3 aromatic carbocycles. The number of benzene rings is 3. The number of ether oxygens (including phenoxy) is 1. The lowest BCUT2D eigenvalue weighted by Crippen LogP contribution is -2.60. The third-order valence-electron chi connectivity index (χ3n) is 7.99. The second-order valence-corrected chi connectivity index (χ2v) is 10.8. The van der Waals surface area contributed by atoms with Gasteiger partial charge >= 0.3 is 12.1 Å². The predicted octanol–water partition coefficient (Wildman–Crippen LogP) is 3.51. The minimum absolute atomic E-state index is 0.0878. The van der Waals surface area contributed by atoms with Crippen molar-refractivity contribution in [3.63, 3.8) is 0 Å². The van der Waals surface area contributed by atoms with Crippen LogP contribution in [-0.4, -0.2) is 71.0 Å². The fourth-order valence-corrected chi connectivity index (χ4v) is 5.78. The summed E-state index contributed by atoms with van der Waals surface area (Å²) in [7, 11) is 0. The number of fused-ring (bicyclic) bond motifs is 3. The highest BCUT2D eigenvalue weighted by Gasteiger charge is 2.43. The summed E-state index contributed by atoms with van der Waals surface area (Å²) < 4.78 is 5.47. The number of nitrogens with one attached hydrogen (secondary N) is 2. The van der Waals surface area contributed by atoms with Crippen LogP contribution in [0.2, 0.25) is 0 Å². The number of carboxylic acids is 1. The number of piperidine rings is 1. The Morgan fingerprint density at radius 1 is 0.902 bits per heavy atom. The first kappa shape index (κ1) is 28.3. The summed E-state index contributed by atoms with van der Waals surface area (Å²) in [5.41, 5.74) is 4.20. The second kappa shape index (κ2) is 12.5. The lowest BCUT2D eigenvalue weighted by molar-refractivity contribution is -0.150. The smallest absolute Gasteiger partial charge is 0.407 e. The number of aliphatic hydroxyl groups is 1. The normalized spacial score (nSPS) is 16.7. The molecule has 1 unspecified atom stereocenters. The molecule has 41 heavy (non-hydrogen) atoms. The summed E-state index contributed by atoms with van der Waals surface area (Å²) in [6.07, 6.45) is -1.71. The van der Waals surface area contributed by atoms with Crippen molar-refractivity contribution >= 4 is 18.0 Å². The third-order valence-corrected chi connectivity index (χ3v) is 7.99. The number of amides is 2. The van der Waals surface area contributed by atoms with Crippen molar-refractivity contribution in [2.75, 3.05) is 26.2 Å². The largest absolute Gasteiger partial charge is 0.480 e. The van der Waals surface area contributed by atoms with Gasteiger partial charge in [0.25, 0.3) is 0 Å². The molecule has 1 aliphatic heterocycles. The van der Waals surface area contributed by atoms with Gasteiger partial charge in [0, 0.05) is 32.1 Å². The molecular formula is C32H35N3O6. The van der Waals surface area contributed by atoms with E-state index in [1.807, 2.05) is 66.7 Å². The molecule has 214 valence electrons. The van der Waals surface area contributed by atoms with Gasteiger partial charge < -0.3 is 25.6 Å². The Morgan fingerprint density at radius 2 is 1.49 bits per heavy atom. The highest BCUT2D eigenvalue weighted by Crippen LogP contribution is 2.44. The van der Waals surface area contributed by atoms with Gasteiger partial charge in [-0.05, 0) is 40.7 Å². The molecule has 3 aromatic rings. The Bertz CT molecular complexity index is 1340. The molecule has 4 N–H and O–H groups in total. The zero-order valence-corrected chi connectivity index (χ0v) is 22.8. The summed E-state index contributed by atoms with van der Waals surface area (Å²) in [6, 6.07) is 26.0. The van der Waals surface area contributed by atoms with Gasteiger partial charge in [0.15, 0.2) is 0 Å². The number of likely N-dealkylation sites (tertiary alicyclic amines) is 1. The van der Waals surface area contributed by atoms with E-state index in [2.05, 4.69) is 27.7 Å². The molecule has 1 fully saturated rings. The third kappa shape index (κ3) is 6.58. The molecule has 1 atom stereocenters. The van der Waals surface area contributed by atoms with Crippen LogP contribution in [0.5, 0.6) is 0 Å². The molecule has 0 saturated carbocycles. The summed E-state index contributed by atoms with van der Waals surface area (Å²) in [4.78, 5) is 39.4. The van der Waals surface area contributed by atoms with E-state index in [1.165, 1.54) is 0 Å². The number of rotatable bonds is 10. The molecule has 1 aliphatic carbocycles. The molecule has 2 amide bonds. The number of aliphatic carboxylic acids is 1. The maximum Gasteiger partial charge on any atom is 0.407 e. The Labute approximate surface area is 239 Å². The maximum absolute atomic E-state index is 12.7. The van der Waals surface area contributed by atoms with Crippen LogP contribution >= 0.6 is 0 Å². The van der Waals surface area contributed by atoms with Crippen LogP contribution in [0.4, 0.5) is 4.79 Å². The zero-order chi connectivity index (χ0) is 28.8. The average Bonchev–Trinajstić information content (AvgIpc) is 3.30. The fraction of sp³-hybridized carbons (Fsp3) is 0.344. The van der Waals surface area contributed by atoms with E-state index in [0.717, 1.165) is 27.8 Å². The number of carbonyl (C=O) groups is 3. The van der Waals surface area contributed by atoms with Crippen LogP contribution in [0.3, 0.4) is 0 Å². The van der Waals surface area contributed by atoms with Crippen LogP contribution in [0, 0.1) is 0 Å². The van der Waals surface area contributed by atoms with E-state index in [9.17, 15) is 24.6 Å². The van der Waals surface area contributed by atoms with E-state index in [0.29, 0.717) is 19.6 Å². The van der Waals surface area contributed by atoms with Gasteiger partial charge in [0.2, 0.25) is 5.91 Å². The molecule has 0 radical (unpaired) electrons. The number of aliphatic hydroxyl groups excluding tert-OH is 1. The molecule has 9 heteroatoms. The second-order valence-electron chi connectivity index (χ2n) is 10.8. The SMILES string of the molecule is O=C(CC(O)CNC(=O)OCC1c2ccccc2-c2ccccc21)NC1(C(=O)O)CCN(Cc2ccccc2)CC1. The van der Waals surface area contributed by atoms with Crippen molar-refractivity contribution in [3.8, 4) is 11.1 Å². The van der Waals surface area contributed by atoms with Crippen LogP contribution in [-0.2, 0) is 20.9 Å². The molecule has 0 spiro atoms. The first-order valence-corrected chi connectivity index (χ1v) is 13.9. The maximum atomic E-state index is 12.7. The van der Waals surface area contributed by atoms with Gasteiger partial charge in [0.1, 0.15) is 12.1 Å². The van der Waals surface area contributed by atoms with Gasteiger partial charge in [-0.15, -0.1) is 0 Å². The minimum Gasteiger partial charge on any atom is -0.480 e. The Morgan fingerprint density at radius 3 is 2.10 bits per heavy atom. The van der Waals surface area contributed by atoms with Gasteiger partial charge in [0.05, 0.1) is 12.5 Å². The lowest BCUT2D eigenvalue weighted by Gasteiger charge is -2.39. The molecule has 0 aromatic heterocycles. The van der Waals surface area contributed by atoms with Crippen molar-refractivity contribution in [1.82, 2.24) is 15.5 Å². The van der Waals surface area contributed by atoms with Gasteiger partial charge in [-0.1, -0.05) is 78.9 Å². The van der Waals surface area contributed by atoms with Crippen LogP contribution in [0.15, 0.2) is 78.9 Å². The molecule has 0 bridgehead atoms. The highest BCUT2D eigenvalue weighted by atomic mass is 16.5. The van der Waals surface area contributed by atoms with E-state index in [1.54, 1.807) is 0 Å². The fourth-order valence-electron chi connectivity index (χ4n) is 5.78. The Balaban J connectivity index is 1.07. The first-order chi connectivity index (χ1) is 19.8. The Kier molecular flexibility index (Phi) is 8.66. The Hall–Kier alpha value is -4.21. The number of hydrogen-bond acceptors (Lipinski definition) is 6. The number of alkyl carbamates (subject to hydrolysis) is 1. The monoisotopic (exact) mass is 557 g/mol. The molecule has 1 saturated heterocycles. The van der Waals surface area contributed by atoms with E-state index in [-0.39, 0.29) is 38.3 Å². The minimum atomic E-state index is -1.38. The number of carbonyl (C=O) groups excluding carboxylic acids is 2. The number of carboxylic acid groups (broad SMARTS) is 1. The number of nitrogens with zero attached hydrogens (tertiary/aromatic N) is 1. The first-order valence-electron chi connectivity index (χ1n) is 13.9. The summed E-state index contributed by atoms with van der Waals surface area (Å²) in [5, 5.41) is 25.5. The van der Waals surface area contributed by atoms with Crippen LogP contribution in [0.1, 0.15) is 41.9 Å². The molecule has 5 rings (SSSR count). The van der Waals surface area contributed by atoms with Crippen LogP contribution in [0.25, 0.3) is 11.1 Å². The topological polar surface area (TPSA) is 128 Å². The standard InChI is InChI=1S/C32H35N3O6/c36-23(18-29(37)34-32(30(38)39)14-16-35(17-15-32)20-22-8-2-1-3-9-22)19-33-31(40)41-21-28-26-12-6-4-10-24(26)25-11-5-7-13-27(25)28/h1-13,23,28,36H,14-21H2,(H,33,40)(H,34,37)(H,38,39). The zero-order valence-electron chi connectivity index (χ0n) is 22.8. The summed E-state index contributed by atoms with van der Waals surface area (Å²) >= 11 is 0. The van der Waals surface area contributed by atoms with Gasteiger partial charge in [-0.2, -0.15) is 0 Å². The predicted molar refractivity (Wildman–Crippen MR) is 153 cm³/mol.